The van der Waals surface area contributed by atoms with E-state index in [0.717, 1.165) is 16.7 Å². The summed E-state index contributed by atoms with van der Waals surface area (Å²) in [6.45, 7) is 4.47. The van der Waals surface area contributed by atoms with Gasteiger partial charge in [0.05, 0.1) is 0 Å². The second kappa shape index (κ2) is 6.49. The van der Waals surface area contributed by atoms with E-state index in [1.54, 1.807) is 0 Å². The lowest BCUT2D eigenvalue weighted by Crippen LogP contribution is -2.28. The van der Waals surface area contributed by atoms with E-state index in [-0.39, 0.29) is 17.6 Å². The van der Waals surface area contributed by atoms with Crippen molar-refractivity contribution < 1.29 is 4.79 Å². The molecule has 0 aromatic heterocycles. The first-order valence-corrected chi connectivity index (χ1v) is 7.03. The second-order valence-corrected chi connectivity index (χ2v) is 5.39. The SMILES string of the molecule is CC(C)C(CN)C(=O)c1ccc(-c2ccccc2)cc1. The molecule has 0 spiro atoms. The molecular formula is C18H21NO. The maximum atomic E-state index is 12.4. The van der Waals surface area contributed by atoms with Crippen LogP contribution in [0.4, 0.5) is 0 Å². The minimum absolute atomic E-state index is 0.0995. The number of hydrogen-bond acceptors (Lipinski definition) is 2. The molecule has 0 bridgehead atoms. The summed E-state index contributed by atoms with van der Waals surface area (Å²) in [7, 11) is 0. The third-order valence-corrected chi connectivity index (χ3v) is 3.67. The van der Waals surface area contributed by atoms with Crippen LogP contribution in [0.3, 0.4) is 0 Å². The Bertz CT molecular complexity index is 558. The van der Waals surface area contributed by atoms with Gasteiger partial charge in [0.15, 0.2) is 5.78 Å². The van der Waals surface area contributed by atoms with E-state index in [2.05, 4.69) is 12.1 Å². The number of hydrogen-bond donors (Lipinski definition) is 1. The van der Waals surface area contributed by atoms with Crippen LogP contribution in [-0.2, 0) is 0 Å². The van der Waals surface area contributed by atoms with Gasteiger partial charge in [0.1, 0.15) is 0 Å². The van der Waals surface area contributed by atoms with Crippen molar-refractivity contribution in [1.82, 2.24) is 0 Å². The van der Waals surface area contributed by atoms with Crippen molar-refractivity contribution in [3.63, 3.8) is 0 Å². The number of nitrogens with two attached hydrogens (primary N) is 1. The highest BCUT2D eigenvalue weighted by Crippen LogP contribution is 2.22. The van der Waals surface area contributed by atoms with Gasteiger partial charge in [-0.25, -0.2) is 0 Å². The lowest BCUT2D eigenvalue weighted by Gasteiger charge is -2.17. The maximum Gasteiger partial charge on any atom is 0.167 e. The van der Waals surface area contributed by atoms with Gasteiger partial charge in [-0.15, -0.1) is 0 Å². The predicted octanol–water partition coefficient (Wildman–Crippen LogP) is 3.77. The van der Waals surface area contributed by atoms with E-state index in [4.69, 9.17) is 5.73 Å². The van der Waals surface area contributed by atoms with Gasteiger partial charge < -0.3 is 5.73 Å². The van der Waals surface area contributed by atoms with Crippen molar-refractivity contribution in [1.29, 1.82) is 0 Å². The van der Waals surface area contributed by atoms with Crippen LogP contribution in [0, 0.1) is 11.8 Å². The Morgan fingerprint density at radius 2 is 1.50 bits per heavy atom. The zero-order valence-electron chi connectivity index (χ0n) is 12.0. The molecule has 104 valence electrons. The highest BCUT2D eigenvalue weighted by molar-refractivity contribution is 5.98. The Morgan fingerprint density at radius 1 is 0.950 bits per heavy atom. The highest BCUT2D eigenvalue weighted by atomic mass is 16.1. The molecule has 2 rings (SSSR count). The van der Waals surface area contributed by atoms with Crippen LogP contribution in [0.5, 0.6) is 0 Å². The first kappa shape index (κ1) is 14.5. The van der Waals surface area contributed by atoms with E-state index in [9.17, 15) is 4.79 Å². The molecular weight excluding hydrogens is 246 g/mol. The average molecular weight is 267 g/mol. The Kier molecular flexibility index (Phi) is 4.70. The third-order valence-electron chi connectivity index (χ3n) is 3.67. The maximum absolute atomic E-state index is 12.4. The largest absolute Gasteiger partial charge is 0.330 e. The van der Waals surface area contributed by atoms with Crippen molar-refractivity contribution in [3.05, 3.63) is 60.2 Å². The Hall–Kier alpha value is -1.93. The molecule has 1 atom stereocenters. The Balaban J connectivity index is 2.22. The van der Waals surface area contributed by atoms with Crippen molar-refractivity contribution in [2.75, 3.05) is 6.54 Å². The zero-order chi connectivity index (χ0) is 14.5. The quantitative estimate of drug-likeness (QED) is 0.838. The van der Waals surface area contributed by atoms with Gasteiger partial charge in [-0.2, -0.15) is 0 Å². The van der Waals surface area contributed by atoms with Gasteiger partial charge in [-0.05, 0) is 17.0 Å². The fourth-order valence-corrected chi connectivity index (χ4v) is 2.35. The lowest BCUT2D eigenvalue weighted by atomic mass is 9.87. The van der Waals surface area contributed by atoms with Gasteiger partial charge in [0.25, 0.3) is 0 Å². The van der Waals surface area contributed by atoms with Gasteiger partial charge in [0.2, 0.25) is 0 Å². The molecule has 0 radical (unpaired) electrons. The number of Topliss-reactive ketones (excluding diaryl/α,β-unsaturated/α-hetero) is 1. The van der Waals surface area contributed by atoms with Crippen LogP contribution >= 0.6 is 0 Å². The normalized spacial score (nSPS) is 12.4. The molecule has 0 aliphatic heterocycles. The Morgan fingerprint density at radius 3 is 2.00 bits per heavy atom. The third kappa shape index (κ3) is 3.14. The predicted molar refractivity (Wildman–Crippen MR) is 83.6 cm³/mol. The summed E-state index contributed by atoms with van der Waals surface area (Å²) in [5.74, 6) is 0.306. The number of benzene rings is 2. The molecule has 0 fully saturated rings. The summed E-state index contributed by atoms with van der Waals surface area (Å²) < 4.78 is 0. The molecule has 0 saturated carbocycles. The highest BCUT2D eigenvalue weighted by Gasteiger charge is 2.21. The summed E-state index contributed by atoms with van der Waals surface area (Å²) in [6.07, 6.45) is 0. The van der Waals surface area contributed by atoms with E-state index >= 15 is 0 Å². The van der Waals surface area contributed by atoms with Crippen molar-refractivity contribution in [3.8, 4) is 11.1 Å². The monoisotopic (exact) mass is 267 g/mol. The molecule has 0 aliphatic rings. The van der Waals surface area contributed by atoms with E-state index < -0.39 is 0 Å². The summed E-state index contributed by atoms with van der Waals surface area (Å²) in [5.41, 5.74) is 8.74. The molecule has 0 saturated heterocycles. The number of rotatable bonds is 5. The van der Waals surface area contributed by atoms with Crippen LogP contribution in [0.2, 0.25) is 0 Å². The van der Waals surface area contributed by atoms with Crippen LogP contribution < -0.4 is 5.73 Å². The fraction of sp³-hybridized carbons (Fsp3) is 0.278. The van der Waals surface area contributed by atoms with Crippen molar-refractivity contribution in [2.45, 2.75) is 13.8 Å². The molecule has 20 heavy (non-hydrogen) atoms. The number of carbonyl (C=O) groups is 1. The average Bonchev–Trinajstić information content (AvgIpc) is 2.48. The molecule has 0 aliphatic carbocycles. The smallest absolute Gasteiger partial charge is 0.167 e. The lowest BCUT2D eigenvalue weighted by molar-refractivity contribution is 0.0892. The Labute approximate surface area is 120 Å². The van der Waals surface area contributed by atoms with E-state index in [0.29, 0.717) is 6.54 Å². The molecule has 2 N–H and O–H groups in total. The standard InChI is InChI=1S/C18H21NO/c1-13(2)17(12-19)18(20)16-10-8-15(9-11-16)14-6-4-3-5-7-14/h3-11,13,17H,12,19H2,1-2H3. The molecule has 0 heterocycles. The summed E-state index contributed by atoms with van der Waals surface area (Å²) in [4.78, 5) is 12.4. The van der Waals surface area contributed by atoms with Gasteiger partial charge in [-0.1, -0.05) is 68.4 Å². The van der Waals surface area contributed by atoms with Gasteiger partial charge in [-0.3, -0.25) is 4.79 Å². The van der Waals surface area contributed by atoms with Crippen molar-refractivity contribution >= 4 is 5.78 Å². The molecule has 0 amide bonds. The summed E-state index contributed by atoms with van der Waals surface area (Å²) in [5, 5.41) is 0. The van der Waals surface area contributed by atoms with Gasteiger partial charge in [0, 0.05) is 18.0 Å². The van der Waals surface area contributed by atoms with Gasteiger partial charge >= 0.3 is 0 Å². The van der Waals surface area contributed by atoms with Crippen LogP contribution in [-0.4, -0.2) is 12.3 Å². The first-order valence-electron chi connectivity index (χ1n) is 7.03. The molecule has 2 aromatic rings. The minimum atomic E-state index is -0.0995. The first-order chi connectivity index (χ1) is 9.63. The number of carbonyl (C=O) groups excluding carboxylic acids is 1. The van der Waals surface area contributed by atoms with Crippen molar-refractivity contribution in [2.24, 2.45) is 17.6 Å². The van der Waals surface area contributed by atoms with Crippen LogP contribution in [0.15, 0.2) is 54.6 Å². The molecule has 2 heteroatoms. The summed E-state index contributed by atoms with van der Waals surface area (Å²) >= 11 is 0. The van der Waals surface area contributed by atoms with E-state index in [1.807, 2.05) is 56.3 Å². The zero-order valence-corrected chi connectivity index (χ0v) is 12.0. The van der Waals surface area contributed by atoms with Crippen LogP contribution in [0.25, 0.3) is 11.1 Å². The molecule has 1 unspecified atom stereocenters. The van der Waals surface area contributed by atoms with Crippen LogP contribution in [0.1, 0.15) is 24.2 Å². The molecule has 2 nitrogen and oxygen atoms in total. The minimum Gasteiger partial charge on any atom is -0.330 e. The summed E-state index contributed by atoms with van der Waals surface area (Å²) in [6, 6.07) is 17.9. The molecule has 2 aromatic carbocycles. The second-order valence-electron chi connectivity index (χ2n) is 5.39. The fourth-order valence-electron chi connectivity index (χ4n) is 2.35. The topological polar surface area (TPSA) is 43.1 Å². The van der Waals surface area contributed by atoms with E-state index in [1.165, 1.54) is 0 Å². The number of ketones is 1.